The maximum atomic E-state index is 12.1. The van der Waals surface area contributed by atoms with E-state index >= 15 is 0 Å². The van der Waals surface area contributed by atoms with Crippen LogP contribution in [0.1, 0.15) is 35.4 Å². The molecular weight excluding hydrogens is 384 g/mol. The first-order chi connectivity index (χ1) is 14.5. The highest BCUT2D eigenvalue weighted by Crippen LogP contribution is 2.31. The van der Waals surface area contributed by atoms with Crippen molar-refractivity contribution in [3.8, 4) is 0 Å². The summed E-state index contributed by atoms with van der Waals surface area (Å²) in [5, 5.41) is 10.5. The molecule has 1 saturated heterocycles. The van der Waals surface area contributed by atoms with Gasteiger partial charge in [-0.1, -0.05) is 60.7 Å². The average molecular weight is 408 g/mol. The second-order valence-corrected chi connectivity index (χ2v) is 7.45. The minimum Gasteiger partial charge on any atom is -0.390 e. The highest BCUT2D eigenvalue weighted by Gasteiger charge is 2.36. The van der Waals surface area contributed by atoms with Crippen molar-refractivity contribution in [3.05, 3.63) is 104 Å². The Bertz CT molecular complexity index is 1050. The number of aliphatic hydroxyl groups excluding tert-OH is 1. The Morgan fingerprint density at radius 2 is 1.70 bits per heavy atom. The molecule has 2 N–H and O–H groups in total. The van der Waals surface area contributed by atoms with E-state index in [0.717, 1.165) is 11.1 Å². The third-order valence-corrected chi connectivity index (χ3v) is 5.29. The summed E-state index contributed by atoms with van der Waals surface area (Å²) in [6.45, 7) is 1.77. The summed E-state index contributed by atoms with van der Waals surface area (Å²) in [4.78, 5) is 26.0. The number of hydrogen-bond acceptors (Lipinski definition) is 5. The zero-order chi connectivity index (χ0) is 21.1. The van der Waals surface area contributed by atoms with Crippen molar-refractivity contribution in [1.29, 1.82) is 0 Å². The monoisotopic (exact) mass is 408 g/mol. The summed E-state index contributed by atoms with van der Waals surface area (Å²) in [5.41, 5.74) is 1.42. The summed E-state index contributed by atoms with van der Waals surface area (Å²) in [6, 6.07) is 19.7. The van der Waals surface area contributed by atoms with Crippen LogP contribution in [0.2, 0.25) is 0 Å². The molecular formula is C23H24N2O5. The van der Waals surface area contributed by atoms with Crippen molar-refractivity contribution < 1.29 is 14.6 Å². The lowest BCUT2D eigenvalue weighted by Gasteiger charge is -2.22. The van der Waals surface area contributed by atoms with Crippen LogP contribution < -0.4 is 11.2 Å². The first-order valence-corrected chi connectivity index (χ1v) is 9.90. The zero-order valence-electron chi connectivity index (χ0n) is 16.6. The smallest absolute Gasteiger partial charge is 0.330 e. The van der Waals surface area contributed by atoms with Crippen LogP contribution in [-0.4, -0.2) is 33.5 Å². The first kappa shape index (κ1) is 20.3. The minimum absolute atomic E-state index is 0.156. The van der Waals surface area contributed by atoms with Gasteiger partial charge in [0.15, 0.2) is 0 Å². The van der Waals surface area contributed by atoms with Crippen LogP contribution in [0.3, 0.4) is 0 Å². The summed E-state index contributed by atoms with van der Waals surface area (Å²) in [7, 11) is 0. The number of hydrogen-bond donors (Lipinski definition) is 2. The van der Waals surface area contributed by atoms with Gasteiger partial charge in [-0.2, -0.15) is 0 Å². The molecule has 0 unspecified atom stereocenters. The Balaban J connectivity index is 1.50. The maximum absolute atomic E-state index is 12.1. The van der Waals surface area contributed by atoms with Crippen molar-refractivity contribution in [3.63, 3.8) is 0 Å². The number of nitrogens with one attached hydrogen (secondary N) is 1. The van der Waals surface area contributed by atoms with E-state index in [1.807, 2.05) is 60.7 Å². The fourth-order valence-electron chi connectivity index (χ4n) is 3.67. The Kier molecular flexibility index (Phi) is 5.94. The van der Waals surface area contributed by atoms with Gasteiger partial charge in [-0.3, -0.25) is 14.3 Å². The molecule has 1 aliphatic rings. The summed E-state index contributed by atoms with van der Waals surface area (Å²) >= 11 is 0. The third kappa shape index (κ3) is 4.28. The minimum atomic E-state index is -0.790. The van der Waals surface area contributed by atoms with E-state index in [1.165, 1.54) is 10.8 Å². The van der Waals surface area contributed by atoms with Crippen LogP contribution in [0.15, 0.2) is 76.4 Å². The van der Waals surface area contributed by atoms with Gasteiger partial charge >= 0.3 is 5.69 Å². The molecule has 0 amide bonds. The molecule has 3 atom stereocenters. The molecule has 0 bridgehead atoms. The molecule has 30 heavy (non-hydrogen) atoms. The molecule has 1 aromatic heterocycles. The van der Waals surface area contributed by atoms with E-state index < -0.39 is 29.7 Å². The van der Waals surface area contributed by atoms with Gasteiger partial charge in [0.05, 0.1) is 12.7 Å². The van der Waals surface area contributed by atoms with Gasteiger partial charge < -0.3 is 14.6 Å². The lowest BCUT2D eigenvalue weighted by Crippen LogP contribution is -2.33. The van der Waals surface area contributed by atoms with Crippen LogP contribution >= 0.6 is 0 Å². The molecule has 2 heterocycles. The summed E-state index contributed by atoms with van der Waals surface area (Å²) in [5.74, 6) is 0. The molecule has 0 saturated carbocycles. The van der Waals surface area contributed by atoms with Crippen molar-refractivity contribution >= 4 is 0 Å². The molecule has 1 aliphatic heterocycles. The van der Waals surface area contributed by atoms with Gasteiger partial charge in [0.1, 0.15) is 18.4 Å². The first-order valence-electron chi connectivity index (χ1n) is 9.90. The Labute approximate surface area is 173 Å². The van der Waals surface area contributed by atoms with Crippen LogP contribution in [-0.2, 0) is 9.47 Å². The van der Waals surface area contributed by atoms with Crippen molar-refractivity contribution in [2.24, 2.45) is 0 Å². The quantitative estimate of drug-likeness (QED) is 0.653. The van der Waals surface area contributed by atoms with Crippen LogP contribution in [0.4, 0.5) is 0 Å². The number of aromatic nitrogens is 2. The lowest BCUT2D eigenvalue weighted by atomic mass is 10.0. The SMILES string of the molecule is Cc1cn([C@H]2C[C@H](O)[C@@H](COC(c3ccccc3)c3ccccc3)O2)c(=O)[nH]c1=O. The normalized spacial score (nSPS) is 21.2. The molecule has 0 spiro atoms. The van der Waals surface area contributed by atoms with Crippen LogP contribution in [0.5, 0.6) is 0 Å². The van der Waals surface area contributed by atoms with Gasteiger partial charge in [-0.25, -0.2) is 4.79 Å². The standard InChI is InChI=1S/C23H24N2O5/c1-15-13-25(23(28)24-22(15)27)20-12-18(26)19(30-20)14-29-21(16-8-4-2-5-9-16)17-10-6-3-7-11-17/h2-11,13,18-21,26H,12,14H2,1H3,(H,24,27,28)/t18-,19+,20+/m0/s1. The molecule has 2 aromatic carbocycles. The number of ether oxygens (including phenoxy) is 2. The largest absolute Gasteiger partial charge is 0.390 e. The Morgan fingerprint density at radius 3 is 2.30 bits per heavy atom. The maximum Gasteiger partial charge on any atom is 0.330 e. The summed E-state index contributed by atoms with van der Waals surface area (Å²) < 4.78 is 13.4. The van der Waals surface area contributed by atoms with E-state index in [-0.39, 0.29) is 19.1 Å². The zero-order valence-corrected chi connectivity index (χ0v) is 16.6. The van der Waals surface area contributed by atoms with Gasteiger partial charge in [0.2, 0.25) is 0 Å². The second kappa shape index (κ2) is 8.79. The Hall–Kier alpha value is -3.00. The van der Waals surface area contributed by atoms with Crippen LogP contribution in [0, 0.1) is 6.92 Å². The molecule has 4 rings (SSSR count). The highest BCUT2D eigenvalue weighted by atomic mass is 16.6. The molecule has 3 aromatic rings. The number of aromatic amines is 1. The predicted octanol–water partition coefficient (Wildman–Crippen LogP) is 2.30. The van der Waals surface area contributed by atoms with E-state index in [2.05, 4.69) is 4.98 Å². The second-order valence-electron chi connectivity index (χ2n) is 7.45. The molecule has 7 nitrogen and oxygen atoms in total. The third-order valence-electron chi connectivity index (χ3n) is 5.29. The average Bonchev–Trinajstić information content (AvgIpc) is 3.13. The molecule has 0 aliphatic carbocycles. The number of aryl methyl sites for hydroxylation is 1. The highest BCUT2D eigenvalue weighted by molar-refractivity contribution is 5.29. The number of benzene rings is 2. The van der Waals surface area contributed by atoms with Gasteiger partial charge in [0, 0.05) is 18.2 Å². The van der Waals surface area contributed by atoms with Gasteiger partial charge in [-0.15, -0.1) is 0 Å². The van der Waals surface area contributed by atoms with Crippen LogP contribution in [0.25, 0.3) is 0 Å². The van der Waals surface area contributed by atoms with Crippen molar-refractivity contribution in [2.75, 3.05) is 6.61 Å². The number of aliphatic hydroxyl groups is 1. The van der Waals surface area contributed by atoms with E-state index in [9.17, 15) is 14.7 Å². The fourth-order valence-corrected chi connectivity index (χ4v) is 3.67. The van der Waals surface area contributed by atoms with Crippen molar-refractivity contribution in [2.45, 2.75) is 37.9 Å². The fraction of sp³-hybridized carbons (Fsp3) is 0.304. The van der Waals surface area contributed by atoms with E-state index in [4.69, 9.17) is 9.47 Å². The number of rotatable bonds is 6. The van der Waals surface area contributed by atoms with E-state index in [0.29, 0.717) is 5.56 Å². The summed E-state index contributed by atoms with van der Waals surface area (Å²) in [6.07, 6.45) is -0.659. The Morgan fingerprint density at radius 1 is 1.10 bits per heavy atom. The van der Waals surface area contributed by atoms with Gasteiger partial charge in [0.25, 0.3) is 5.56 Å². The predicted molar refractivity (Wildman–Crippen MR) is 111 cm³/mol. The topological polar surface area (TPSA) is 93.6 Å². The number of H-pyrrole nitrogens is 1. The lowest BCUT2D eigenvalue weighted by molar-refractivity contribution is -0.0749. The van der Waals surface area contributed by atoms with Crippen molar-refractivity contribution in [1.82, 2.24) is 9.55 Å². The molecule has 7 heteroatoms. The number of nitrogens with zero attached hydrogens (tertiary/aromatic N) is 1. The molecule has 0 radical (unpaired) electrons. The van der Waals surface area contributed by atoms with E-state index in [1.54, 1.807) is 6.92 Å². The molecule has 156 valence electrons. The molecule has 1 fully saturated rings. The van der Waals surface area contributed by atoms with Gasteiger partial charge in [-0.05, 0) is 18.1 Å².